The van der Waals surface area contributed by atoms with E-state index >= 15 is 0 Å². The van der Waals surface area contributed by atoms with Gasteiger partial charge in [0.15, 0.2) is 0 Å². The van der Waals surface area contributed by atoms with Crippen molar-refractivity contribution in [2.75, 3.05) is 0 Å². The van der Waals surface area contributed by atoms with E-state index in [4.69, 9.17) is 4.74 Å². The molecule has 0 radical (unpaired) electrons. The number of rotatable bonds is 2. The number of Topliss-reactive ketones (excluding diaryl/α,β-unsaturated/α-hetero) is 1. The third-order valence-corrected chi connectivity index (χ3v) is 9.53. The van der Waals surface area contributed by atoms with E-state index in [2.05, 4.69) is 27.7 Å². The normalized spacial score (nSPS) is 47.8. The number of allylic oxidation sites excluding steroid dienone is 1. The minimum atomic E-state index is -0.149. The van der Waals surface area contributed by atoms with Crippen LogP contribution in [-0.2, 0) is 14.3 Å². The topological polar surface area (TPSA) is 43.4 Å². The molecule has 3 saturated carbocycles. The van der Waals surface area contributed by atoms with Crippen LogP contribution in [0.25, 0.3) is 0 Å². The molecule has 4 aliphatic carbocycles. The Morgan fingerprint density at radius 3 is 2.39 bits per heavy atom. The number of carbonyl (C=O) groups is 2. The molecule has 0 aromatic rings. The van der Waals surface area contributed by atoms with Crippen LogP contribution in [0.5, 0.6) is 0 Å². The molecule has 0 aromatic heterocycles. The van der Waals surface area contributed by atoms with Crippen LogP contribution < -0.4 is 0 Å². The summed E-state index contributed by atoms with van der Waals surface area (Å²) in [4.78, 5) is 24.0. The van der Waals surface area contributed by atoms with Crippen LogP contribution in [0.3, 0.4) is 0 Å². The van der Waals surface area contributed by atoms with Gasteiger partial charge in [0.05, 0.1) is 0 Å². The Morgan fingerprint density at radius 2 is 1.75 bits per heavy atom. The summed E-state index contributed by atoms with van der Waals surface area (Å²) in [5.41, 5.74) is 3.57. The van der Waals surface area contributed by atoms with Gasteiger partial charge in [-0.3, -0.25) is 9.59 Å². The van der Waals surface area contributed by atoms with Crippen LogP contribution in [-0.4, -0.2) is 17.9 Å². The average Bonchev–Trinajstić information content (AvgIpc) is 2.86. The van der Waals surface area contributed by atoms with Gasteiger partial charge in [-0.05, 0) is 86.9 Å². The molecule has 4 aliphatic rings. The fourth-order valence-corrected chi connectivity index (χ4v) is 8.65. The predicted octanol–water partition coefficient (Wildman–Crippen LogP) is 5.72. The Labute approximate surface area is 170 Å². The van der Waals surface area contributed by atoms with E-state index in [1.54, 1.807) is 11.1 Å². The van der Waals surface area contributed by atoms with Crippen molar-refractivity contribution in [1.29, 1.82) is 0 Å². The second kappa shape index (κ2) is 6.71. The Bertz CT molecular complexity index is 721. The van der Waals surface area contributed by atoms with Crippen molar-refractivity contribution in [2.45, 2.75) is 92.6 Å². The lowest BCUT2D eigenvalue weighted by molar-refractivity contribution is -0.149. The lowest BCUT2D eigenvalue weighted by Crippen LogP contribution is -2.51. The van der Waals surface area contributed by atoms with Crippen LogP contribution in [0.2, 0.25) is 0 Å². The first-order valence-corrected chi connectivity index (χ1v) is 11.4. The molecule has 0 amide bonds. The fraction of sp³-hybridized carbons (Fsp3) is 0.840. The van der Waals surface area contributed by atoms with E-state index in [1.807, 2.05) is 6.92 Å². The molecule has 8 atom stereocenters. The number of hydrogen-bond acceptors (Lipinski definition) is 3. The van der Waals surface area contributed by atoms with Gasteiger partial charge < -0.3 is 4.74 Å². The van der Waals surface area contributed by atoms with Gasteiger partial charge in [0.1, 0.15) is 11.9 Å². The van der Waals surface area contributed by atoms with Crippen molar-refractivity contribution < 1.29 is 14.3 Å². The first kappa shape index (κ1) is 20.2. The lowest BCUT2D eigenvalue weighted by Gasteiger charge is -2.59. The third kappa shape index (κ3) is 2.82. The zero-order valence-corrected chi connectivity index (χ0v) is 18.6. The maximum Gasteiger partial charge on any atom is 0.302 e. The van der Waals surface area contributed by atoms with Crippen LogP contribution in [0.15, 0.2) is 11.1 Å². The van der Waals surface area contributed by atoms with Crippen molar-refractivity contribution in [1.82, 2.24) is 0 Å². The molecule has 0 N–H and O–H groups in total. The summed E-state index contributed by atoms with van der Waals surface area (Å²) in [5, 5.41) is 0. The second-order valence-corrected chi connectivity index (χ2v) is 11.1. The van der Waals surface area contributed by atoms with Crippen molar-refractivity contribution in [3.63, 3.8) is 0 Å². The Balaban J connectivity index is 1.66. The largest absolute Gasteiger partial charge is 0.462 e. The molecular weight excluding hydrogens is 348 g/mol. The van der Waals surface area contributed by atoms with Gasteiger partial charge in [-0.15, -0.1) is 0 Å². The molecule has 4 rings (SSSR count). The number of carbonyl (C=O) groups excluding carboxylic acids is 2. The van der Waals surface area contributed by atoms with Gasteiger partial charge in [0.25, 0.3) is 0 Å². The van der Waals surface area contributed by atoms with Crippen LogP contribution >= 0.6 is 0 Å². The molecule has 28 heavy (non-hydrogen) atoms. The summed E-state index contributed by atoms with van der Waals surface area (Å²) in [7, 11) is 0. The minimum Gasteiger partial charge on any atom is -0.462 e. The quantitative estimate of drug-likeness (QED) is 0.450. The van der Waals surface area contributed by atoms with Crippen LogP contribution in [0.1, 0.15) is 86.5 Å². The average molecular weight is 387 g/mol. The summed E-state index contributed by atoms with van der Waals surface area (Å²) >= 11 is 0. The van der Waals surface area contributed by atoms with E-state index < -0.39 is 0 Å². The van der Waals surface area contributed by atoms with E-state index in [-0.39, 0.29) is 28.8 Å². The van der Waals surface area contributed by atoms with E-state index in [9.17, 15) is 9.59 Å². The standard InChI is InChI=1S/C25H38O3/c1-14-11-19-20(24(5)9-7-18(13-21(14)24)28-17(4)27)8-10-25(6)22(19)12-15(2)23(25)16(3)26/h15,18-20,22-23H,7-13H2,1-6H3/t15-,18+,19-,20+,22+,23-,24-,25+/m1/s1. The summed E-state index contributed by atoms with van der Waals surface area (Å²) in [6.45, 7) is 12.9. The molecule has 156 valence electrons. The Kier molecular flexibility index (Phi) is 4.83. The van der Waals surface area contributed by atoms with Crippen LogP contribution in [0, 0.1) is 40.4 Å². The molecule has 0 aromatic carbocycles. The number of ketones is 1. The van der Waals surface area contributed by atoms with Gasteiger partial charge in [-0.1, -0.05) is 31.9 Å². The zero-order chi connectivity index (χ0) is 20.4. The molecule has 0 spiro atoms. The predicted molar refractivity (Wildman–Crippen MR) is 111 cm³/mol. The lowest BCUT2D eigenvalue weighted by atomic mass is 9.46. The number of hydrogen-bond donors (Lipinski definition) is 0. The summed E-state index contributed by atoms with van der Waals surface area (Å²) in [6.07, 6.45) is 7.96. The minimum absolute atomic E-state index is 0.0644. The Morgan fingerprint density at radius 1 is 1.04 bits per heavy atom. The second-order valence-electron chi connectivity index (χ2n) is 11.1. The Hall–Kier alpha value is -1.12. The molecule has 3 nitrogen and oxygen atoms in total. The van der Waals surface area contributed by atoms with E-state index in [1.165, 1.54) is 32.6 Å². The highest BCUT2D eigenvalue weighted by Crippen LogP contribution is 2.68. The SMILES string of the molecule is CC(=O)O[C@H]1CC[C@@]2(C)C(=C(C)C[C@H]3[C@@H]4C[C@@H](C)[C@H](C(C)=O)[C@@]4(C)CC[C@@H]32)C1. The molecule has 0 heterocycles. The maximum atomic E-state index is 12.5. The van der Waals surface area contributed by atoms with E-state index in [0.717, 1.165) is 25.2 Å². The molecular formula is C25H38O3. The third-order valence-electron chi connectivity index (χ3n) is 9.53. The van der Waals surface area contributed by atoms with E-state index in [0.29, 0.717) is 23.5 Å². The summed E-state index contributed by atoms with van der Waals surface area (Å²) in [5.74, 6) is 3.14. The fourth-order valence-electron chi connectivity index (χ4n) is 8.65. The van der Waals surface area contributed by atoms with Gasteiger partial charge >= 0.3 is 5.97 Å². The van der Waals surface area contributed by atoms with Crippen molar-refractivity contribution in [2.24, 2.45) is 40.4 Å². The molecule has 0 bridgehead atoms. The number of esters is 1. The molecule has 3 heteroatoms. The van der Waals surface area contributed by atoms with Gasteiger partial charge in [0.2, 0.25) is 0 Å². The monoisotopic (exact) mass is 386 g/mol. The van der Waals surface area contributed by atoms with Gasteiger partial charge in [0, 0.05) is 19.3 Å². The number of ether oxygens (including phenoxy) is 1. The first-order chi connectivity index (χ1) is 13.1. The molecule has 0 saturated heterocycles. The highest BCUT2D eigenvalue weighted by Gasteiger charge is 2.61. The van der Waals surface area contributed by atoms with Gasteiger partial charge in [-0.25, -0.2) is 0 Å². The first-order valence-electron chi connectivity index (χ1n) is 11.4. The summed E-state index contributed by atoms with van der Waals surface area (Å²) < 4.78 is 5.60. The van der Waals surface area contributed by atoms with Gasteiger partial charge in [-0.2, -0.15) is 0 Å². The highest BCUT2D eigenvalue weighted by molar-refractivity contribution is 5.80. The van der Waals surface area contributed by atoms with Crippen molar-refractivity contribution in [3.05, 3.63) is 11.1 Å². The van der Waals surface area contributed by atoms with Crippen molar-refractivity contribution in [3.8, 4) is 0 Å². The molecule has 0 aliphatic heterocycles. The maximum absolute atomic E-state index is 12.5. The summed E-state index contributed by atoms with van der Waals surface area (Å²) in [6, 6.07) is 0. The highest BCUT2D eigenvalue weighted by atomic mass is 16.5. The molecule has 0 unspecified atom stereocenters. The smallest absolute Gasteiger partial charge is 0.302 e. The zero-order valence-electron chi connectivity index (χ0n) is 18.6. The molecule has 3 fully saturated rings. The van der Waals surface area contributed by atoms with Crippen molar-refractivity contribution >= 4 is 11.8 Å². The van der Waals surface area contributed by atoms with Crippen LogP contribution in [0.4, 0.5) is 0 Å². The number of fused-ring (bicyclic) bond motifs is 5.